The lowest BCUT2D eigenvalue weighted by molar-refractivity contribution is 0.436. The van der Waals surface area contributed by atoms with Crippen molar-refractivity contribution in [3.8, 4) is 0 Å². The molecule has 1 N–H and O–H groups in total. The Bertz CT molecular complexity index is 617. The second-order valence-corrected chi connectivity index (χ2v) is 4.94. The monoisotopic (exact) mass is 281 g/mol. The van der Waals surface area contributed by atoms with Gasteiger partial charge in [-0.3, -0.25) is 4.68 Å². The Kier molecular flexibility index (Phi) is 4.49. The lowest BCUT2D eigenvalue weighted by atomic mass is 10.0. The summed E-state index contributed by atoms with van der Waals surface area (Å²) in [6, 6.07) is 16.4. The standard InChI is InChI=1S/C17H19N3O/c1-2-7-15(8-3-1)17(16-9-4-14-21-16)18-10-5-12-20-13-6-11-19-20/h1-4,6-9,11,13-14,17-18H,5,10,12H2. The van der Waals surface area contributed by atoms with Crippen molar-refractivity contribution in [2.24, 2.45) is 0 Å². The van der Waals surface area contributed by atoms with E-state index in [9.17, 15) is 0 Å². The summed E-state index contributed by atoms with van der Waals surface area (Å²) in [5, 5.41) is 7.78. The van der Waals surface area contributed by atoms with Crippen molar-refractivity contribution in [3.63, 3.8) is 0 Å². The third-order valence-electron chi connectivity index (χ3n) is 3.43. The molecule has 1 atom stereocenters. The molecule has 0 spiro atoms. The van der Waals surface area contributed by atoms with Crippen LogP contribution in [-0.4, -0.2) is 16.3 Å². The highest BCUT2D eigenvalue weighted by atomic mass is 16.3. The molecule has 2 heterocycles. The molecule has 0 aliphatic heterocycles. The number of benzene rings is 1. The molecule has 0 aliphatic rings. The zero-order chi connectivity index (χ0) is 14.3. The molecule has 21 heavy (non-hydrogen) atoms. The van der Waals surface area contributed by atoms with Crippen LogP contribution in [0.4, 0.5) is 0 Å². The minimum absolute atomic E-state index is 0.0961. The van der Waals surface area contributed by atoms with Crippen molar-refractivity contribution in [1.82, 2.24) is 15.1 Å². The van der Waals surface area contributed by atoms with Gasteiger partial charge in [0.1, 0.15) is 5.76 Å². The topological polar surface area (TPSA) is 43.0 Å². The predicted octanol–water partition coefficient (Wildman–Crippen LogP) is 3.25. The van der Waals surface area contributed by atoms with E-state index in [-0.39, 0.29) is 6.04 Å². The molecule has 4 nitrogen and oxygen atoms in total. The van der Waals surface area contributed by atoms with Crippen molar-refractivity contribution in [1.29, 1.82) is 0 Å². The number of hydrogen-bond acceptors (Lipinski definition) is 3. The van der Waals surface area contributed by atoms with Gasteiger partial charge in [0, 0.05) is 18.9 Å². The molecule has 108 valence electrons. The first kappa shape index (κ1) is 13.6. The van der Waals surface area contributed by atoms with Gasteiger partial charge in [-0.15, -0.1) is 0 Å². The van der Waals surface area contributed by atoms with E-state index in [1.807, 2.05) is 41.3 Å². The fraction of sp³-hybridized carbons (Fsp3) is 0.235. The Morgan fingerprint density at radius 1 is 1.10 bits per heavy atom. The third kappa shape index (κ3) is 3.61. The van der Waals surface area contributed by atoms with Gasteiger partial charge in [0.05, 0.1) is 12.3 Å². The maximum Gasteiger partial charge on any atom is 0.125 e. The van der Waals surface area contributed by atoms with E-state index >= 15 is 0 Å². The van der Waals surface area contributed by atoms with Crippen LogP contribution in [0.5, 0.6) is 0 Å². The molecule has 1 unspecified atom stereocenters. The van der Waals surface area contributed by atoms with Crippen molar-refractivity contribution in [3.05, 3.63) is 78.5 Å². The number of nitrogens with one attached hydrogen (secondary N) is 1. The highest BCUT2D eigenvalue weighted by Gasteiger charge is 2.15. The van der Waals surface area contributed by atoms with Crippen molar-refractivity contribution in [2.45, 2.75) is 19.0 Å². The van der Waals surface area contributed by atoms with Crippen molar-refractivity contribution >= 4 is 0 Å². The van der Waals surface area contributed by atoms with E-state index in [2.05, 4.69) is 34.7 Å². The van der Waals surface area contributed by atoms with Gasteiger partial charge in [-0.2, -0.15) is 5.10 Å². The summed E-state index contributed by atoms with van der Waals surface area (Å²) in [6.07, 6.45) is 6.53. The van der Waals surface area contributed by atoms with Crippen LogP contribution < -0.4 is 5.32 Å². The average molecular weight is 281 g/mol. The van der Waals surface area contributed by atoms with Gasteiger partial charge in [0.2, 0.25) is 0 Å². The summed E-state index contributed by atoms with van der Waals surface area (Å²) in [4.78, 5) is 0. The largest absolute Gasteiger partial charge is 0.467 e. The number of rotatable bonds is 7. The molecule has 0 fully saturated rings. The smallest absolute Gasteiger partial charge is 0.125 e. The van der Waals surface area contributed by atoms with E-state index in [4.69, 9.17) is 4.42 Å². The van der Waals surface area contributed by atoms with Gasteiger partial charge in [-0.05, 0) is 36.7 Å². The molecule has 1 aromatic carbocycles. The van der Waals surface area contributed by atoms with Crippen LogP contribution in [0.25, 0.3) is 0 Å². The molecule has 3 aromatic rings. The molecule has 0 radical (unpaired) electrons. The van der Waals surface area contributed by atoms with Gasteiger partial charge >= 0.3 is 0 Å². The third-order valence-corrected chi connectivity index (χ3v) is 3.43. The zero-order valence-electron chi connectivity index (χ0n) is 11.9. The highest BCUT2D eigenvalue weighted by Crippen LogP contribution is 2.22. The fourth-order valence-corrected chi connectivity index (χ4v) is 2.40. The molecule has 2 aromatic heterocycles. The summed E-state index contributed by atoms with van der Waals surface area (Å²) < 4.78 is 7.52. The number of aryl methyl sites for hydroxylation is 1. The average Bonchev–Trinajstić information content (AvgIpc) is 3.21. The molecular formula is C17H19N3O. The van der Waals surface area contributed by atoms with E-state index in [1.165, 1.54) is 5.56 Å². The van der Waals surface area contributed by atoms with Gasteiger partial charge in [0.25, 0.3) is 0 Å². The van der Waals surface area contributed by atoms with Crippen LogP contribution in [0.15, 0.2) is 71.6 Å². The second-order valence-electron chi connectivity index (χ2n) is 4.94. The van der Waals surface area contributed by atoms with E-state index < -0.39 is 0 Å². The first-order chi connectivity index (χ1) is 10.4. The van der Waals surface area contributed by atoms with Gasteiger partial charge in [-0.25, -0.2) is 0 Å². The normalized spacial score (nSPS) is 12.4. The van der Waals surface area contributed by atoms with Crippen LogP contribution in [-0.2, 0) is 6.54 Å². The van der Waals surface area contributed by atoms with E-state index in [1.54, 1.807) is 6.26 Å². The van der Waals surface area contributed by atoms with E-state index in [0.717, 1.165) is 25.3 Å². The molecule has 0 bridgehead atoms. The number of hydrogen-bond donors (Lipinski definition) is 1. The highest BCUT2D eigenvalue weighted by molar-refractivity contribution is 5.26. The fourth-order valence-electron chi connectivity index (χ4n) is 2.40. The Balaban J connectivity index is 1.61. The van der Waals surface area contributed by atoms with Crippen LogP contribution >= 0.6 is 0 Å². The van der Waals surface area contributed by atoms with Crippen molar-refractivity contribution < 1.29 is 4.42 Å². The molecule has 3 rings (SSSR count). The molecule has 4 heteroatoms. The van der Waals surface area contributed by atoms with Crippen molar-refractivity contribution in [2.75, 3.05) is 6.54 Å². The Morgan fingerprint density at radius 3 is 2.71 bits per heavy atom. The number of furan rings is 1. The lowest BCUT2D eigenvalue weighted by Gasteiger charge is -2.17. The summed E-state index contributed by atoms with van der Waals surface area (Å²) in [5.41, 5.74) is 1.21. The molecule has 0 saturated carbocycles. The Labute approximate surface area is 124 Å². The summed E-state index contributed by atoms with van der Waals surface area (Å²) >= 11 is 0. The summed E-state index contributed by atoms with van der Waals surface area (Å²) in [7, 11) is 0. The van der Waals surface area contributed by atoms with Crippen LogP contribution in [0, 0.1) is 0 Å². The maximum absolute atomic E-state index is 5.57. The maximum atomic E-state index is 5.57. The number of aromatic nitrogens is 2. The molecule has 0 saturated heterocycles. The molecule has 0 amide bonds. The van der Waals surface area contributed by atoms with Crippen LogP contribution in [0.2, 0.25) is 0 Å². The minimum Gasteiger partial charge on any atom is -0.467 e. The first-order valence-corrected chi connectivity index (χ1v) is 7.22. The Hall–Kier alpha value is -2.33. The minimum atomic E-state index is 0.0961. The SMILES string of the molecule is c1ccc(C(NCCCn2cccn2)c2ccco2)cc1. The molecular weight excluding hydrogens is 262 g/mol. The van der Waals surface area contributed by atoms with Crippen LogP contribution in [0.3, 0.4) is 0 Å². The molecule has 0 aliphatic carbocycles. The summed E-state index contributed by atoms with van der Waals surface area (Å²) in [6.45, 7) is 1.82. The zero-order valence-corrected chi connectivity index (χ0v) is 11.9. The summed E-state index contributed by atoms with van der Waals surface area (Å²) in [5.74, 6) is 0.945. The van der Waals surface area contributed by atoms with Gasteiger partial charge < -0.3 is 9.73 Å². The van der Waals surface area contributed by atoms with Gasteiger partial charge in [0.15, 0.2) is 0 Å². The van der Waals surface area contributed by atoms with E-state index in [0.29, 0.717) is 0 Å². The van der Waals surface area contributed by atoms with Crippen LogP contribution in [0.1, 0.15) is 23.8 Å². The lowest BCUT2D eigenvalue weighted by Crippen LogP contribution is -2.24. The second kappa shape index (κ2) is 6.90. The first-order valence-electron chi connectivity index (χ1n) is 7.22. The quantitative estimate of drug-likeness (QED) is 0.676. The van der Waals surface area contributed by atoms with Gasteiger partial charge in [-0.1, -0.05) is 30.3 Å². The number of nitrogens with zero attached hydrogens (tertiary/aromatic N) is 2. The Morgan fingerprint density at radius 2 is 2.00 bits per heavy atom. The predicted molar refractivity (Wildman–Crippen MR) is 81.8 cm³/mol.